The van der Waals surface area contributed by atoms with Crippen molar-refractivity contribution in [2.45, 2.75) is 25.7 Å². The standard InChI is InChI=1S/C16H13Cl2N3/c17-12-5-6-13(18)15(8-12)21-16-11(9-19)7-10-3-1-2-4-14(10)20-16/h5-8H,1-4H2,(H,20,21). The second kappa shape index (κ2) is 5.93. The van der Waals surface area contributed by atoms with Crippen molar-refractivity contribution >= 4 is 34.7 Å². The molecule has 0 unspecified atom stereocenters. The number of pyridine rings is 1. The average Bonchev–Trinajstić information content (AvgIpc) is 2.50. The highest BCUT2D eigenvalue weighted by atomic mass is 35.5. The summed E-state index contributed by atoms with van der Waals surface area (Å²) in [5, 5.41) is 13.6. The van der Waals surface area contributed by atoms with Crippen LogP contribution in [0.5, 0.6) is 0 Å². The molecule has 0 saturated carbocycles. The third-order valence-corrected chi connectivity index (χ3v) is 4.17. The summed E-state index contributed by atoms with van der Waals surface area (Å²) >= 11 is 12.1. The predicted molar refractivity (Wildman–Crippen MR) is 85.3 cm³/mol. The lowest BCUT2D eigenvalue weighted by atomic mass is 9.95. The van der Waals surface area contributed by atoms with E-state index in [0.717, 1.165) is 31.4 Å². The number of rotatable bonds is 2. The van der Waals surface area contributed by atoms with Gasteiger partial charge in [0.15, 0.2) is 0 Å². The predicted octanol–water partition coefficient (Wildman–Crippen LogP) is 4.88. The van der Waals surface area contributed by atoms with E-state index in [-0.39, 0.29) is 0 Å². The first-order valence-electron chi connectivity index (χ1n) is 6.82. The largest absolute Gasteiger partial charge is 0.338 e. The average molecular weight is 318 g/mol. The van der Waals surface area contributed by atoms with E-state index in [0.29, 0.717) is 27.1 Å². The quantitative estimate of drug-likeness (QED) is 0.858. The molecule has 1 N–H and O–H groups in total. The van der Waals surface area contributed by atoms with Crippen molar-refractivity contribution in [1.82, 2.24) is 4.98 Å². The van der Waals surface area contributed by atoms with Crippen molar-refractivity contribution in [3.63, 3.8) is 0 Å². The Morgan fingerprint density at radius 3 is 2.76 bits per heavy atom. The molecule has 2 aromatic rings. The van der Waals surface area contributed by atoms with Gasteiger partial charge in [-0.15, -0.1) is 0 Å². The van der Waals surface area contributed by atoms with Gasteiger partial charge in [0.1, 0.15) is 11.9 Å². The van der Waals surface area contributed by atoms with E-state index in [1.165, 1.54) is 5.56 Å². The Hall–Kier alpha value is -1.76. The van der Waals surface area contributed by atoms with Crippen LogP contribution in [0.2, 0.25) is 10.0 Å². The number of halogens is 2. The van der Waals surface area contributed by atoms with Crippen molar-refractivity contribution in [3.05, 3.63) is 51.1 Å². The van der Waals surface area contributed by atoms with Gasteiger partial charge in [-0.1, -0.05) is 23.2 Å². The molecule has 3 rings (SSSR count). The number of hydrogen-bond donors (Lipinski definition) is 1. The number of benzene rings is 1. The smallest absolute Gasteiger partial charge is 0.148 e. The molecule has 1 aliphatic rings. The summed E-state index contributed by atoms with van der Waals surface area (Å²) in [6.07, 6.45) is 4.25. The number of hydrogen-bond acceptors (Lipinski definition) is 3. The van der Waals surface area contributed by atoms with E-state index in [4.69, 9.17) is 23.2 Å². The van der Waals surface area contributed by atoms with Crippen molar-refractivity contribution in [1.29, 1.82) is 5.26 Å². The first-order valence-corrected chi connectivity index (χ1v) is 7.58. The van der Waals surface area contributed by atoms with Crippen LogP contribution in [0.4, 0.5) is 11.5 Å². The number of nitriles is 1. The highest BCUT2D eigenvalue weighted by molar-refractivity contribution is 6.35. The van der Waals surface area contributed by atoms with E-state index in [9.17, 15) is 5.26 Å². The van der Waals surface area contributed by atoms with E-state index in [1.807, 2.05) is 6.07 Å². The molecule has 0 atom stereocenters. The van der Waals surface area contributed by atoms with Crippen LogP contribution in [0.1, 0.15) is 29.7 Å². The van der Waals surface area contributed by atoms with Gasteiger partial charge in [-0.25, -0.2) is 4.98 Å². The Balaban J connectivity index is 2.02. The molecule has 0 saturated heterocycles. The van der Waals surface area contributed by atoms with Gasteiger partial charge in [-0.3, -0.25) is 0 Å². The van der Waals surface area contributed by atoms with Crippen LogP contribution in [-0.2, 0) is 12.8 Å². The molecule has 1 heterocycles. The molecule has 0 fully saturated rings. The third-order valence-electron chi connectivity index (χ3n) is 3.60. The van der Waals surface area contributed by atoms with Crippen molar-refractivity contribution < 1.29 is 0 Å². The Kier molecular flexibility index (Phi) is 4.01. The minimum absolute atomic E-state index is 0.534. The SMILES string of the molecule is N#Cc1cc2c(nc1Nc1cc(Cl)ccc1Cl)CCCC2. The van der Waals surface area contributed by atoms with Gasteiger partial charge in [0.25, 0.3) is 0 Å². The molecule has 3 nitrogen and oxygen atoms in total. The summed E-state index contributed by atoms with van der Waals surface area (Å²) in [5.41, 5.74) is 3.44. The number of nitrogens with zero attached hydrogens (tertiary/aromatic N) is 2. The van der Waals surface area contributed by atoms with E-state index in [1.54, 1.807) is 18.2 Å². The first-order chi connectivity index (χ1) is 10.2. The summed E-state index contributed by atoms with van der Waals surface area (Å²) in [7, 11) is 0. The van der Waals surface area contributed by atoms with Gasteiger partial charge in [-0.05, 0) is 55.5 Å². The second-order valence-corrected chi connectivity index (χ2v) is 5.90. The summed E-state index contributed by atoms with van der Waals surface area (Å²) in [5.74, 6) is 0.544. The maximum absolute atomic E-state index is 9.33. The molecule has 1 aromatic heterocycles. The fraction of sp³-hybridized carbons (Fsp3) is 0.250. The van der Waals surface area contributed by atoms with E-state index < -0.39 is 0 Å². The molecule has 0 spiro atoms. The number of aryl methyl sites for hydroxylation is 2. The molecular formula is C16H13Cl2N3. The molecule has 0 amide bonds. The Morgan fingerprint density at radius 1 is 1.14 bits per heavy atom. The van der Waals surface area contributed by atoms with Crippen LogP contribution in [-0.4, -0.2) is 4.98 Å². The lowest BCUT2D eigenvalue weighted by molar-refractivity contribution is 0.668. The zero-order valence-corrected chi connectivity index (χ0v) is 12.8. The van der Waals surface area contributed by atoms with Gasteiger partial charge in [0.05, 0.1) is 16.3 Å². The molecular weight excluding hydrogens is 305 g/mol. The van der Waals surface area contributed by atoms with Crippen molar-refractivity contribution in [2.75, 3.05) is 5.32 Å². The maximum atomic E-state index is 9.33. The van der Waals surface area contributed by atoms with Crippen LogP contribution < -0.4 is 5.32 Å². The minimum Gasteiger partial charge on any atom is -0.338 e. The molecule has 5 heteroatoms. The van der Waals surface area contributed by atoms with E-state index in [2.05, 4.69) is 16.4 Å². The fourth-order valence-corrected chi connectivity index (χ4v) is 2.87. The highest BCUT2D eigenvalue weighted by Gasteiger charge is 2.16. The van der Waals surface area contributed by atoms with Gasteiger partial charge < -0.3 is 5.32 Å². The van der Waals surface area contributed by atoms with Gasteiger partial charge in [0.2, 0.25) is 0 Å². The summed E-state index contributed by atoms with van der Waals surface area (Å²) in [6.45, 7) is 0. The zero-order chi connectivity index (χ0) is 14.8. The first kappa shape index (κ1) is 14.2. The van der Waals surface area contributed by atoms with Gasteiger partial charge in [0, 0.05) is 10.7 Å². The van der Waals surface area contributed by atoms with E-state index >= 15 is 0 Å². The van der Waals surface area contributed by atoms with Gasteiger partial charge >= 0.3 is 0 Å². The number of nitrogens with one attached hydrogen (secondary N) is 1. The number of aromatic nitrogens is 1. The van der Waals surface area contributed by atoms with Gasteiger partial charge in [-0.2, -0.15) is 5.26 Å². The lowest BCUT2D eigenvalue weighted by Crippen LogP contribution is -2.09. The molecule has 106 valence electrons. The summed E-state index contributed by atoms with van der Waals surface area (Å²) in [4.78, 5) is 4.61. The highest BCUT2D eigenvalue weighted by Crippen LogP contribution is 2.31. The molecule has 0 aliphatic heterocycles. The van der Waals surface area contributed by atoms with Crippen molar-refractivity contribution in [3.8, 4) is 6.07 Å². The second-order valence-electron chi connectivity index (χ2n) is 5.06. The molecule has 21 heavy (non-hydrogen) atoms. The zero-order valence-electron chi connectivity index (χ0n) is 11.3. The maximum Gasteiger partial charge on any atom is 0.148 e. The molecule has 0 bridgehead atoms. The third kappa shape index (κ3) is 2.97. The summed E-state index contributed by atoms with van der Waals surface area (Å²) < 4.78 is 0. The lowest BCUT2D eigenvalue weighted by Gasteiger charge is -2.17. The fourth-order valence-electron chi connectivity index (χ4n) is 2.54. The Labute approximate surface area is 133 Å². The topological polar surface area (TPSA) is 48.7 Å². The minimum atomic E-state index is 0.534. The number of anilines is 2. The molecule has 0 radical (unpaired) electrons. The summed E-state index contributed by atoms with van der Waals surface area (Å²) in [6, 6.07) is 9.30. The van der Waals surface area contributed by atoms with Crippen LogP contribution in [0.25, 0.3) is 0 Å². The van der Waals surface area contributed by atoms with Crippen LogP contribution >= 0.6 is 23.2 Å². The Morgan fingerprint density at radius 2 is 1.95 bits per heavy atom. The molecule has 1 aromatic carbocycles. The monoisotopic (exact) mass is 317 g/mol. The van der Waals surface area contributed by atoms with Crippen LogP contribution in [0, 0.1) is 11.3 Å². The normalized spacial score (nSPS) is 13.4. The number of fused-ring (bicyclic) bond motifs is 1. The Bertz CT molecular complexity index is 735. The van der Waals surface area contributed by atoms with Crippen LogP contribution in [0.3, 0.4) is 0 Å². The molecule has 1 aliphatic carbocycles. The van der Waals surface area contributed by atoms with Crippen molar-refractivity contribution in [2.24, 2.45) is 0 Å². The van der Waals surface area contributed by atoms with Crippen LogP contribution in [0.15, 0.2) is 24.3 Å².